The van der Waals surface area contributed by atoms with E-state index in [-0.39, 0.29) is 22.8 Å². The Balaban J connectivity index is 2.67. The van der Waals surface area contributed by atoms with E-state index in [0.717, 1.165) is 12.8 Å². The van der Waals surface area contributed by atoms with Crippen LogP contribution < -0.4 is 5.32 Å². The van der Waals surface area contributed by atoms with Gasteiger partial charge in [-0.25, -0.2) is 4.98 Å². The van der Waals surface area contributed by atoms with E-state index in [0.29, 0.717) is 10.9 Å². The van der Waals surface area contributed by atoms with Crippen LogP contribution in [0, 0.1) is 5.92 Å². The Morgan fingerprint density at radius 3 is 2.67 bits per heavy atom. The van der Waals surface area contributed by atoms with E-state index < -0.39 is 0 Å². The van der Waals surface area contributed by atoms with Crippen molar-refractivity contribution in [3.63, 3.8) is 0 Å². The van der Waals surface area contributed by atoms with E-state index in [9.17, 15) is 4.79 Å². The van der Waals surface area contributed by atoms with Crippen molar-refractivity contribution in [3.05, 3.63) is 28.0 Å². The molecule has 0 spiro atoms. The van der Waals surface area contributed by atoms with Crippen molar-refractivity contribution in [3.8, 4) is 0 Å². The molecule has 0 saturated carbocycles. The second kappa shape index (κ2) is 6.95. The van der Waals surface area contributed by atoms with Gasteiger partial charge in [0.15, 0.2) is 0 Å². The standard InChI is InChI=1S/C13H18Cl2N2O/c1-4-8(2)7-9(3)16-13(18)12-10(14)5-6-11(15)17-12/h5-6,8-9H,4,7H2,1-3H3,(H,16,18). The number of nitrogens with one attached hydrogen (secondary N) is 1. The molecular formula is C13H18Cl2N2O. The van der Waals surface area contributed by atoms with Crippen LogP contribution in [0.5, 0.6) is 0 Å². The second-order valence-electron chi connectivity index (χ2n) is 4.59. The summed E-state index contributed by atoms with van der Waals surface area (Å²) in [6.45, 7) is 6.27. The SMILES string of the molecule is CCC(C)CC(C)NC(=O)c1nc(Cl)ccc1Cl. The zero-order valence-corrected chi connectivity index (χ0v) is 12.3. The Labute approximate surface area is 118 Å². The lowest BCUT2D eigenvalue weighted by Gasteiger charge is -2.17. The van der Waals surface area contributed by atoms with Gasteiger partial charge in [0, 0.05) is 6.04 Å². The molecule has 1 aromatic rings. The minimum absolute atomic E-state index is 0.0873. The van der Waals surface area contributed by atoms with E-state index in [1.807, 2.05) is 6.92 Å². The fourth-order valence-electron chi connectivity index (χ4n) is 1.70. The van der Waals surface area contributed by atoms with Crippen LogP contribution in [0.15, 0.2) is 12.1 Å². The average Bonchev–Trinajstić information content (AvgIpc) is 2.31. The number of carbonyl (C=O) groups is 1. The first-order valence-corrected chi connectivity index (χ1v) is 6.82. The van der Waals surface area contributed by atoms with Gasteiger partial charge in [0.05, 0.1) is 5.02 Å². The summed E-state index contributed by atoms with van der Waals surface area (Å²) >= 11 is 11.7. The highest BCUT2D eigenvalue weighted by molar-refractivity contribution is 6.34. The first-order chi connectivity index (χ1) is 8.43. The highest BCUT2D eigenvalue weighted by Crippen LogP contribution is 2.17. The fourth-order valence-corrected chi connectivity index (χ4v) is 2.04. The second-order valence-corrected chi connectivity index (χ2v) is 5.38. The summed E-state index contributed by atoms with van der Waals surface area (Å²) in [5.74, 6) is 0.293. The van der Waals surface area contributed by atoms with Crippen LogP contribution in [-0.4, -0.2) is 16.9 Å². The molecule has 2 atom stereocenters. The summed E-state index contributed by atoms with van der Waals surface area (Å²) in [4.78, 5) is 15.9. The van der Waals surface area contributed by atoms with Crippen LogP contribution in [0.25, 0.3) is 0 Å². The summed E-state index contributed by atoms with van der Waals surface area (Å²) in [6, 6.07) is 3.22. The van der Waals surface area contributed by atoms with E-state index in [1.165, 1.54) is 0 Å². The molecule has 0 aliphatic rings. The molecule has 0 saturated heterocycles. The van der Waals surface area contributed by atoms with Gasteiger partial charge in [0.2, 0.25) is 0 Å². The van der Waals surface area contributed by atoms with Gasteiger partial charge in [0.25, 0.3) is 5.91 Å². The lowest BCUT2D eigenvalue weighted by molar-refractivity contribution is 0.0930. The third kappa shape index (κ3) is 4.46. The molecule has 0 fully saturated rings. The van der Waals surface area contributed by atoms with Crippen molar-refractivity contribution in [2.45, 2.75) is 39.7 Å². The maximum Gasteiger partial charge on any atom is 0.271 e. The van der Waals surface area contributed by atoms with Crippen molar-refractivity contribution in [2.75, 3.05) is 0 Å². The maximum atomic E-state index is 12.0. The number of pyridine rings is 1. The normalized spacial score (nSPS) is 14.1. The van der Waals surface area contributed by atoms with E-state index in [1.54, 1.807) is 12.1 Å². The monoisotopic (exact) mass is 288 g/mol. The van der Waals surface area contributed by atoms with Gasteiger partial charge >= 0.3 is 0 Å². The number of hydrogen-bond donors (Lipinski definition) is 1. The van der Waals surface area contributed by atoms with Crippen molar-refractivity contribution in [2.24, 2.45) is 5.92 Å². The number of aromatic nitrogens is 1. The first-order valence-electron chi connectivity index (χ1n) is 6.07. The molecule has 1 amide bonds. The zero-order chi connectivity index (χ0) is 13.7. The minimum atomic E-state index is -0.279. The molecule has 1 heterocycles. The minimum Gasteiger partial charge on any atom is -0.348 e. The maximum absolute atomic E-state index is 12.0. The van der Waals surface area contributed by atoms with Gasteiger partial charge in [-0.3, -0.25) is 4.79 Å². The predicted octanol–water partition coefficient (Wildman–Crippen LogP) is 3.94. The Kier molecular flexibility index (Phi) is 5.89. The van der Waals surface area contributed by atoms with E-state index >= 15 is 0 Å². The van der Waals surface area contributed by atoms with Crippen LogP contribution in [0.3, 0.4) is 0 Å². The van der Waals surface area contributed by atoms with Crippen LogP contribution in [-0.2, 0) is 0 Å². The largest absolute Gasteiger partial charge is 0.348 e. The molecule has 0 bridgehead atoms. The Morgan fingerprint density at radius 1 is 1.39 bits per heavy atom. The van der Waals surface area contributed by atoms with E-state index in [4.69, 9.17) is 23.2 Å². The van der Waals surface area contributed by atoms with E-state index in [2.05, 4.69) is 24.1 Å². The molecule has 1 rings (SSSR count). The molecular weight excluding hydrogens is 271 g/mol. The number of halogens is 2. The molecule has 18 heavy (non-hydrogen) atoms. The molecule has 0 aliphatic heterocycles. The van der Waals surface area contributed by atoms with Gasteiger partial charge in [-0.15, -0.1) is 0 Å². The lowest BCUT2D eigenvalue weighted by atomic mass is 10.0. The van der Waals surface area contributed by atoms with Crippen LogP contribution in [0.4, 0.5) is 0 Å². The number of amides is 1. The van der Waals surface area contributed by atoms with Gasteiger partial charge in [-0.05, 0) is 31.4 Å². The summed E-state index contributed by atoms with van der Waals surface area (Å²) in [6.07, 6.45) is 2.02. The molecule has 100 valence electrons. The fraction of sp³-hybridized carbons (Fsp3) is 0.538. The molecule has 0 radical (unpaired) electrons. The third-order valence-electron chi connectivity index (χ3n) is 2.86. The Bertz CT molecular complexity index is 423. The summed E-state index contributed by atoms with van der Waals surface area (Å²) in [5, 5.41) is 3.46. The lowest BCUT2D eigenvalue weighted by Crippen LogP contribution is -2.34. The van der Waals surface area contributed by atoms with Crippen molar-refractivity contribution >= 4 is 29.1 Å². The molecule has 0 aliphatic carbocycles. The predicted molar refractivity (Wildman–Crippen MR) is 75.3 cm³/mol. The number of rotatable bonds is 5. The number of hydrogen-bond acceptors (Lipinski definition) is 2. The molecule has 0 aromatic carbocycles. The summed E-state index contributed by atoms with van der Waals surface area (Å²) in [7, 11) is 0. The van der Waals surface area contributed by atoms with Crippen molar-refractivity contribution < 1.29 is 4.79 Å². The smallest absolute Gasteiger partial charge is 0.271 e. The topological polar surface area (TPSA) is 42.0 Å². The molecule has 1 N–H and O–H groups in total. The average molecular weight is 289 g/mol. The number of nitrogens with zero attached hydrogens (tertiary/aromatic N) is 1. The number of carbonyl (C=O) groups excluding carboxylic acids is 1. The highest BCUT2D eigenvalue weighted by atomic mass is 35.5. The van der Waals surface area contributed by atoms with Crippen LogP contribution in [0.1, 0.15) is 44.1 Å². The highest BCUT2D eigenvalue weighted by Gasteiger charge is 2.16. The summed E-state index contributed by atoms with van der Waals surface area (Å²) < 4.78 is 0. The van der Waals surface area contributed by atoms with Crippen molar-refractivity contribution in [1.82, 2.24) is 10.3 Å². The third-order valence-corrected chi connectivity index (χ3v) is 3.37. The van der Waals surface area contributed by atoms with Crippen LogP contribution >= 0.6 is 23.2 Å². The van der Waals surface area contributed by atoms with Gasteiger partial charge in [-0.2, -0.15) is 0 Å². The van der Waals surface area contributed by atoms with Gasteiger partial charge in [-0.1, -0.05) is 43.5 Å². The Morgan fingerprint density at radius 2 is 2.06 bits per heavy atom. The molecule has 1 aromatic heterocycles. The van der Waals surface area contributed by atoms with Crippen molar-refractivity contribution in [1.29, 1.82) is 0 Å². The zero-order valence-electron chi connectivity index (χ0n) is 10.8. The summed E-state index contributed by atoms with van der Waals surface area (Å²) in [5.41, 5.74) is 0.181. The van der Waals surface area contributed by atoms with Gasteiger partial charge < -0.3 is 5.32 Å². The molecule has 3 nitrogen and oxygen atoms in total. The molecule has 5 heteroatoms. The first kappa shape index (κ1) is 15.3. The Hall–Kier alpha value is -0.800. The van der Waals surface area contributed by atoms with Crippen LogP contribution in [0.2, 0.25) is 10.2 Å². The molecule has 2 unspecified atom stereocenters. The quantitative estimate of drug-likeness (QED) is 0.834. The van der Waals surface area contributed by atoms with Gasteiger partial charge in [0.1, 0.15) is 10.8 Å².